The fourth-order valence-electron chi connectivity index (χ4n) is 1.85. The van der Waals surface area contributed by atoms with Crippen molar-refractivity contribution < 1.29 is 9.90 Å². The zero-order chi connectivity index (χ0) is 11.1. The second kappa shape index (κ2) is 6.80. The lowest BCUT2D eigenvalue weighted by Crippen LogP contribution is -2.45. The van der Waals surface area contributed by atoms with E-state index in [2.05, 4.69) is 0 Å². The Morgan fingerprint density at radius 2 is 2.13 bits per heavy atom. The Kier molecular flexibility index (Phi) is 5.65. The van der Waals surface area contributed by atoms with Crippen molar-refractivity contribution in [1.82, 2.24) is 4.90 Å². The van der Waals surface area contributed by atoms with E-state index in [1.807, 2.05) is 4.90 Å². The van der Waals surface area contributed by atoms with E-state index in [0.717, 1.165) is 19.3 Å². The smallest absolute Gasteiger partial charge is 0.222 e. The summed E-state index contributed by atoms with van der Waals surface area (Å²) in [7, 11) is 0. The SMILES string of the molecule is NCCCC(=O)N(CCCO)C1CCC1. The van der Waals surface area contributed by atoms with Gasteiger partial charge < -0.3 is 15.7 Å². The average Bonchev–Trinajstić information content (AvgIpc) is 2.17. The number of aliphatic hydroxyl groups is 1. The number of nitrogens with zero attached hydrogens (tertiary/aromatic N) is 1. The van der Waals surface area contributed by atoms with Crippen molar-refractivity contribution in [3.8, 4) is 0 Å². The Morgan fingerprint density at radius 3 is 2.60 bits per heavy atom. The van der Waals surface area contributed by atoms with E-state index in [9.17, 15) is 4.79 Å². The number of carbonyl (C=O) groups excluding carboxylic acids is 1. The van der Waals surface area contributed by atoms with Gasteiger partial charge in [-0.3, -0.25) is 4.79 Å². The highest BCUT2D eigenvalue weighted by atomic mass is 16.3. The van der Waals surface area contributed by atoms with Crippen LogP contribution in [0.1, 0.15) is 38.5 Å². The molecular weight excluding hydrogens is 192 g/mol. The lowest BCUT2D eigenvalue weighted by molar-refractivity contribution is -0.135. The number of aliphatic hydroxyl groups excluding tert-OH is 1. The maximum absolute atomic E-state index is 11.8. The van der Waals surface area contributed by atoms with Crippen LogP contribution in [0.2, 0.25) is 0 Å². The van der Waals surface area contributed by atoms with Crippen molar-refractivity contribution in [3.05, 3.63) is 0 Å². The minimum absolute atomic E-state index is 0.160. The number of amides is 1. The molecule has 1 aliphatic carbocycles. The largest absolute Gasteiger partial charge is 0.396 e. The van der Waals surface area contributed by atoms with Gasteiger partial charge in [-0.2, -0.15) is 0 Å². The van der Waals surface area contributed by atoms with Crippen molar-refractivity contribution in [2.75, 3.05) is 19.7 Å². The molecule has 3 N–H and O–H groups in total. The average molecular weight is 214 g/mol. The van der Waals surface area contributed by atoms with Crippen molar-refractivity contribution in [2.24, 2.45) is 5.73 Å². The van der Waals surface area contributed by atoms with Gasteiger partial charge in [0.25, 0.3) is 0 Å². The summed E-state index contributed by atoms with van der Waals surface area (Å²) in [5, 5.41) is 8.79. The number of hydrogen-bond donors (Lipinski definition) is 2. The van der Waals surface area contributed by atoms with Gasteiger partial charge in [-0.1, -0.05) is 0 Å². The molecule has 0 bridgehead atoms. The fourth-order valence-corrected chi connectivity index (χ4v) is 1.85. The Bertz CT molecular complexity index is 193. The maximum atomic E-state index is 11.8. The van der Waals surface area contributed by atoms with Crippen molar-refractivity contribution in [2.45, 2.75) is 44.6 Å². The van der Waals surface area contributed by atoms with Gasteiger partial charge >= 0.3 is 0 Å². The molecule has 1 amide bonds. The summed E-state index contributed by atoms with van der Waals surface area (Å²) < 4.78 is 0. The van der Waals surface area contributed by atoms with Crippen LogP contribution in [0.25, 0.3) is 0 Å². The molecule has 0 aromatic heterocycles. The second-order valence-electron chi connectivity index (χ2n) is 4.14. The zero-order valence-electron chi connectivity index (χ0n) is 9.32. The van der Waals surface area contributed by atoms with Gasteiger partial charge in [-0.05, 0) is 38.6 Å². The molecule has 0 radical (unpaired) electrons. The molecule has 1 saturated carbocycles. The van der Waals surface area contributed by atoms with Gasteiger partial charge in [0.15, 0.2) is 0 Å². The molecule has 0 unspecified atom stereocenters. The Morgan fingerprint density at radius 1 is 1.40 bits per heavy atom. The van der Waals surface area contributed by atoms with E-state index in [1.165, 1.54) is 6.42 Å². The van der Waals surface area contributed by atoms with Crippen LogP contribution in [0.15, 0.2) is 0 Å². The predicted molar refractivity (Wildman–Crippen MR) is 59.3 cm³/mol. The van der Waals surface area contributed by atoms with E-state index in [-0.39, 0.29) is 12.5 Å². The molecule has 1 rings (SSSR count). The molecule has 0 spiro atoms. The van der Waals surface area contributed by atoms with E-state index < -0.39 is 0 Å². The molecule has 0 aromatic carbocycles. The van der Waals surface area contributed by atoms with Crippen LogP contribution in [-0.4, -0.2) is 41.7 Å². The third kappa shape index (κ3) is 3.80. The fraction of sp³-hybridized carbons (Fsp3) is 0.909. The molecule has 1 fully saturated rings. The molecule has 0 heterocycles. The molecule has 0 atom stereocenters. The van der Waals surface area contributed by atoms with Crippen LogP contribution in [0.3, 0.4) is 0 Å². The highest BCUT2D eigenvalue weighted by Gasteiger charge is 2.27. The number of carbonyl (C=O) groups is 1. The third-order valence-corrected chi connectivity index (χ3v) is 2.99. The first-order chi connectivity index (χ1) is 7.29. The second-order valence-corrected chi connectivity index (χ2v) is 4.14. The number of nitrogens with two attached hydrogens (primary N) is 1. The first kappa shape index (κ1) is 12.5. The minimum atomic E-state index is 0.160. The summed E-state index contributed by atoms with van der Waals surface area (Å²) in [6, 6.07) is 0.432. The summed E-state index contributed by atoms with van der Waals surface area (Å²) in [5.74, 6) is 0.207. The van der Waals surface area contributed by atoms with Crippen LogP contribution in [0, 0.1) is 0 Å². The highest BCUT2D eigenvalue weighted by molar-refractivity contribution is 5.76. The molecule has 0 saturated heterocycles. The molecular formula is C11H22N2O2. The van der Waals surface area contributed by atoms with Gasteiger partial charge in [0.05, 0.1) is 0 Å². The monoisotopic (exact) mass is 214 g/mol. The molecule has 0 aromatic rings. The molecule has 88 valence electrons. The minimum Gasteiger partial charge on any atom is -0.396 e. The van der Waals surface area contributed by atoms with E-state index in [1.54, 1.807) is 0 Å². The Hall–Kier alpha value is -0.610. The molecule has 0 aliphatic heterocycles. The highest BCUT2D eigenvalue weighted by Crippen LogP contribution is 2.25. The Labute approximate surface area is 91.4 Å². The zero-order valence-corrected chi connectivity index (χ0v) is 9.32. The summed E-state index contributed by atoms with van der Waals surface area (Å²) >= 11 is 0. The molecule has 1 aliphatic rings. The topological polar surface area (TPSA) is 66.6 Å². The summed E-state index contributed by atoms with van der Waals surface area (Å²) in [6.45, 7) is 1.43. The lowest BCUT2D eigenvalue weighted by atomic mass is 9.91. The quantitative estimate of drug-likeness (QED) is 0.648. The van der Waals surface area contributed by atoms with Crippen LogP contribution >= 0.6 is 0 Å². The van der Waals surface area contributed by atoms with E-state index in [0.29, 0.717) is 32.0 Å². The summed E-state index contributed by atoms with van der Waals surface area (Å²) in [5.41, 5.74) is 5.39. The van der Waals surface area contributed by atoms with Gasteiger partial charge in [0.2, 0.25) is 5.91 Å². The maximum Gasteiger partial charge on any atom is 0.222 e. The van der Waals surface area contributed by atoms with Crippen LogP contribution in [0.4, 0.5) is 0 Å². The van der Waals surface area contributed by atoms with Gasteiger partial charge in [-0.25, -0.2) is 0 Å². The van der Waals surface area contributed by atoms with Crippen molar-refractivity contribution in [1.29, 1.82) is 0 Å². The van der Waals surface area contributed by atoms with Gasteiger partial charge in [-0.15, -0.1) is 0 Å². The van der Waals surface area contributed by atoms with Crippen molar-refractivity contribution in [3.63, 3.8) is 0 Å². The third-order valence-electron chi connectivity index (χ3n) is 2.99. The summed E-state index contributed by atoms with van der Waals surface area (Å²) in [4.78, 5) is 13.8. The van der Waals surface area contributed by atoms with Crippen LogP contribution < -0.4 is 5.73 Å². The van der Waals surface area contributed by atoms with E-state index >= 15 is 0 Å². The lowest BCUT2D eigenvalue weighted by Gasteiger charge is -2.37. The standard InChI is InChI=1S/C11H22N2O2/c12-7-2-6-11(15)13(8-3-9-14)10-4-1-5-10/h10,14H,1-9,12H2. The Balaban J connectivity index is 2.35. The van der Waals surface area contributed by atoms with Gasteiger partial charge in [0, 0.05) is 25.6 Å². The van der Waals surface area contributed by atoms with Crippen LogP contribution in [-0.2, 0) is 4.79 Å². The van der Waals surface area contributed by atoms with Gasteiger partial charge in [0.1, 0.15) is 0 Å². The first-order valence-corrected chi connectivity index (χ1v) is 5.90. The molecule has 4 nitrogen and oxygen atoms in total. The first-order valence-electron chi connectivity index (χ1n) is 5.90. The van der Waals surface area contributed by atoms with E-state index in [4.69, 9.17) is 10.8 Å². The molecule has 15 heavy (non-hydrogen) atoms. The number of rotatable bonds is 7. The molecule has 4 heteroatoms. The van der Waals surface area contributed by atoms with Crippen LogP contribution in [0.5, 0.6) is 0 Å². The normalized spacial score (nSPS) is 16.1. The van der Waals surface area contributed by atoms with Crippen molar-refractivity contribution >= 4 is 5.91 Å². The number of hydrogen-bond acceptors (Lipinski definition) is 3. The predicted octanol–water partition coefficient (Wildman–Crippen LogP) is 0.489. The summed E-state index contributed by atoms with van der Waals surface area (Å²) in [6.07, 6.45) is 5.48.